The minimum absolute atomic E-state index is 0.0444. The van der Waals surface area contributed by atoms with Gasteiger partial charge < -0.3 is 14.1 Å². The predicted molar refractivity (Wildman–Crippen MR) is 225 cm³/mol. The summed E-state index contributed by atoms with van der Waals surface area (Å²) in [4.78, 5) is 2.38. The Morgan fingerprint density at radius 1 is 0.545 bits per heavy atom. The first-order chi connectivity index (χ1) is 27.3. The summed E-state index contributed by atoms with van der Waals surface area (Å²) in [6.07, 6.45) is 6.56. The fraction of sp³-hybridized carbons (Fsp3) is 0.0385. The lowest BCUT2D eigenvalue weighted by Gasteiger charge is -2.28. The average Bonchev–Trinajstić information content (AvgIpc) is 3.84. The number of ether oxygens (including phenoxy) is 1. The molecule has 8 aromatic carbocycles. The Labute approximate surface area is 319 Å². The zero-order valence-corrected chi connectivity index (χ0v) is 29.8. The van der Waals surface area contributed by atoms with Gasteiger partial charge in [0, 0.05) is 33.5 Å². The van der Waals surface area contributed by atoms with Crippen LogP contribution in [0.1, 0.15) is 17.0 Å². The van der Waals surface area contributed by atoms with E-state index in [2.05, 4.69) is 187 Å². The van der Waals surface area contributed by atoms with E-state index in [4.69, 9.17) is 9.15 Å². The van der Waals surface area contributed by atoms with Gasteiger partial charge in [0.05, 0.1) is 22.1 Å². The van der Waals surface area contributed by atoms with Crippen LogP contribution in [0, 0.1) is 12.1 Å². The minimum atomic E-state index is -0.147. The van der Waals surface area contributed by atoms with Gasteiger partial charge in [0.1, 0.15) is 23.0 Å². The number of allylic oxidation sites excluding steroid dienone is 2. The van der Waals surface area contributed by atoms with E-state index >= 15 is 0 Å². The summed E-state index contributed by atoms with van der Waals surface area (Å²) in [6, 6.07) is 66.5. The molecule has 0 spiro atoms. The van der Waals surface area contributed by atoms with Gasteiger partial charge in [-0.1, -0.05) is 158 Å². The second-order valence-corrected chi connectivity index (χ2v) is 14.2. The van der Waals surface area contributed by atoms with Gasteiger partial charge >= 0.3 is 0 Å². The number of furan rings is 1. The molecule has 258 valence electrons. The third kappa shape index (κ3) is 5.15. The van der Waals surface area contributed by atoms with E-state index in [1.807, 2.05) is 18.2 Å². The van der Waals surface area contributed by atoms with Crippen molar-refractivity contribution >= 4 is 55.3 Å². The molecular weight excluding hydrogens is 671 g/mol. The Hall–Kier alpha value is -7.28. The van der Waals surface area contributed by atoms with E-state index in [0.717, 1.165) is 61.1 Å². The predicted octanol–water partition coefficient (Wildman–Crippen LogP) is 13.6. The Morgan fingerprint density at radius 2 is 1.20 bits per heavy atom. The van der Waals surface area contributed by atoms with Crippen LogP contribution in [-0.4, -0.2) is 6.10 Å². The molecule has 0 bridgehead atoms. The summed E-state index contributed by atoms with van der Waals surface area (Å²) in [5, 5.41) is 4.11. The van der Waals surface area contributed by atoms with Crippen LogP contribution in [0.2, 0.25) is 0 Å². The van der Waals surface area contributed by atoms with Crippen molar-refractivity contribution in [3.05, 3.63) is 211 Å². The highest BCUT2D eigenvalue weighted by molar-refractivity contribution is 6.14. The van der Waals surface area contributed by atoms with E-state index in [9.17, 15) is 0 Å². The number of hydrogen-bond acceptors (Lipinski definition) is 3. The Bertz CT molecular complexity index is 2940. The quantitative estimate of drug-likeness (QED) is 0.172. The molecule has 2 aliphatic rings. The molecule has 2 unspecified atom stereocenters. The molecule has 0 saturated heterocycles. The third-order valence-corrected chi connectivity index (χ3v) is 11.1. The summed E-state index contributed by atoms with van der Waals surface area (Å²) in [5.41, 5.74) is 13.0. The molecule has 9 aromatic rings. The maximum Gasteiger partial charge on any atom is 0.144 e. The van der Waals surface area contributed by atoms with Gasteiger partial charge in [-0.25, -0.2) is 0 Å². The maximum absolute atomic E-state index is 7.07. The van der Waals surface area contributed by atoms with Crippen molar-refractivity contribution in [1.82, 2.24) is 0 Å². The second kappa shape index (κ2) is 12.7. The van der Waals surface area contributed by atoms with Crippen LogP contribution in [-0.2, 0) is 0 Å². The minimum Gasteiger partial charge on any atom is -0.484 e. The number of benzene rings is 7. The molecule has 3 heteroatoms. The van der Waals surface area contributed by atoms with Crippen LogP contribution in [0.4, 0.5) is 17.1 Å². The molecule has 0 fully saturated rings. The van der Waals surface area contributed by atoms with Gasteiger partial charge in [-0.05, 0) is 70.3 Å². The van der Waals surface area contributed by atoms with Gasteiger partial charge in [-0.3, -0.25) is 0 Å². The van der Waals surface area contributed by atoms with Crippen molar-refractivity contribution in [2.75, 3.05) is 4.90 Å². The van der Waals surface area contributed by atoms with Crippen LogP contribution in [0.3, 0.4) is 0 Å². The average molecular weight is 704 g/mol. The van der Waals surface area contributed by atoms with Crippen LogP contribution in [0.5, 0.6) is 5.75 Å². The number of nitrogens with zero attached hydrogens (tertiary/aromatic N) is 1. The molecule has 0 saturated carbocycles. The summed E-state index contributed by atoms with van der Waals surface area (Å²) in [5.74, 6) is 0.991. The first-order valence-corrected chi connectivity index (χ1v) is 18.7. The van der Waals surface area contributed by atoms with Crippen molar-refractivity contribution < 1.29 is 9.15 Å². The summed E-state index contributed by atoms with van der Waals surface area (Å²) in [7, 11) is 0. The van der Waals surface area contributed by atoms with Gasteiger partial charge in [0.15, 0.2) is 0 Å². The highest BCUT2D eigenvalue weighted by Gasteiger charge is 2.39. The molecule has 2 heterocycles. The van der Waals surface area contributed by atoms with Gasteiger partial charge in [0.25, 0.3) is 0 Å². The third-order valence-electron chi connectivity index (χ3n) is 11.1. The van der Waals surface area contributed by atoms with Crippen molar-refractivity contribution in [2.24, 2.45) is 0 Å². The topological polar surface area (TPSA) is 25.6 Å². The molecule has 11 rings (SSSR count). The van der Waals surface area contributed by atoms with Crippen LogP contribution in [0.15, 0.2) is 193 Å². The highest BCUT2D eigenvalue weighted by atomic mass is 16.5. The lowest BCUT2D eigenvalue weighted by atomic mass is 9.83. The normalized spacial score (nSPS) is 15.7. The summed E-state index contributed by atoms with van der Waals surface area (Å²) < 4.78 is 13.5. The number of fused-ring (bicyclic) bond motifs is 8. The maximum atomic E-state index is 7.07. The van der Waals surface area contributed by atoms with Crippen LogP contribution < -0.4 is 9.64 Å². The zero-order chi connectivity index (χ0) is 36.3. The molecule has 1 aromatic heterocycles. The van der Waals surface area contributed by atoms with E-state index in [0.29, 0.717) is 0 Å². The molecule has 1 aliphatic heterocycles. The molecule has 0 radical (unpaired) electrons. The van der Waals surface area contributed by atoms with Crippen molar-refractivity contribution in [2.45, 2.75) is 12.0 Å². The Kier molecular flexibility index (Phi) is 7.21. The van der Waals surface area contributed by atoms with Gasteiger partial charge in [-0.15, -0.1) is 0 Å². The Balaban J connectivity index is 1.08. The van der Waals surface area contributed by atoms with Gasteiger partial charge in [-0.2, -0.15) is 0 Å². The zero-order valence-electron chi connectivity index (χ0n) is 29.8. The SMILES string of the molecule is c1ccc2oc3cccc(N(c4ccc(-c5ccccc5)cc4)c4cc5c(c6ccccc46)OC4C(c6ccc(-c7ccccc7)cc6)=CC=CC54)c3c2c#1. The first kappa shape index (κ1) is 31.3. The number of hydrogen-bond donors (Lipinski definition) is 0. The van der Waals surface area contributed by atoms with Crippen LogP contribution in [0.25, 0.3) is 60.5 Å². The molecular formula is C52H33NO2. The smallest absolute Gasteiger partial charge is 0.144 e. The van der Waals surface area contributed by atoms with Gasteiger partial charge in [0.2, 0.25) is 0 Å². The molecule has 55 heavy (non-hydrogen) atoms. The molecule has 2 atom stereocenters. The molecule has 0 N–H and O–H groups in total. The van der Waals surface area contributed by atoms with E-state index in [1.54, 1.807) is 0 Å². The summed E-state index contributed by atoms with van der Waals surface area (Å²) >= 11 is 0. The van der Waals surface area contributed by atoms with E-state index in [-0.39, 0.29) is 12.0 Å². The van der Waals surface area contributed by atoms with Crippen molar-refractivity contribution in [3.8, 4) is 28.0 Å². The lowest BCUT2D eigenvalue weighted by Crippen LogP contribution is -2.21. The number of rotatable bonds is 6. The van der Waals surface area contributed by atoms with Crippen molar-refractivity contribution in [1.29, 1.82) is 0 Å². The molecule has 0 amide bonds. The fourth-order valence-electron chi connectivity index (χ4n) is 8.51. The largest absolute Gasteiger partial charge is 0.484 e. The molecule has 1 aliphatic carbocycles. The lowest BCUT2D eigenvalue weighted by molar-refractivity contribution is 0.281. The summed E-state index contributed by atoms with van der Waals surface area (Å²) in [6.45, 7) is 0. The second-order valence-electron chi connectivity index (χ2n) is 14.2. The van der Waals surface area contributed by atoms with E-state index < -0.39 is 0 Å². The Morgan fingerprint density at radius 3 is 1.95 bits per heavy atom. The number of anilines is 3. The van der Waals surface area contributed by atoms with E-state index in [1.165, 1.54) is 33.4 Å². The monoisotopic (exact) mass is 703 g/mol. The van der Waals surface area contributed by atoms with Crippen LogP contribution >= 0.6 is 0 Å². The van der Waals surface area contributed by atoms with Crippen molar-refractivity contribution in [3.63, 3.8) is 0 Å². The molecule has 3 nitrogen and oxygen atoms in total. The first-order valence-electron chi connectivity index (χ1n) is 18.7. The standard InChI is InChI=1S/C52H33NO2/c1-3-13-34(14-4-1)36-25-27-38(28-26-36)40-20-11-21-43-45-33-47(41-17-7-8-18-42(41)52(45)55-51(40)43)53(39-31-29-37(30-32-39)35-15-5-2-6-16-35)46-22-12-24-49-50(46)44-19-9-10-23-48(44)54-49/h1-8,10-18,20-33,43,51H. The highest BCUT2D eigenvalue weighted by Crippen LogP contribution is 2.53. The fourth-order valence-corrected chi connectivity index (χ4v) is 8.51.